The fraction of sp³-hybridized carbons (Fsp3) is 0.278. The minimum Gasteiger partial charge on any atom is -0.372 e. The Labute approximate surface area is 140 Å². The summed E-state index contributed by atoms with van der Waals surface area (Å²) >= 11 is 5.82. The van der Waals surface area contributed by atoms with Gasteiger partial charge in [0, 0.05) is 22.8 Å². The van der Waals surface area contributed by atoms with Crippen molar-refractivity contribution >= 4 is 23.2 Å². The Hall–Kier alpha value is -1.88. The van der Waals surface area contributed by atoms with Crippen LogP contribution in [0.1, 0.15) is 22.3 Å². The zero-order chi connectivity index (χ0) is 16.1. The van der Waals surface area contributed by atoms with Crippen LogP contribution in [-0.4, -0.2) is 25.1 Å². The summed E-state index contributed by atoms with van der Waals surface area (Å²) in [6.07, 6.45) is 1.37. The molecule has 0 radical (unpaired) electrons. The third-order valence-corrected chi connectivity index (χ3v) is 4.07. The number of hydrogen-bond acceptors (Lipinski definition) is 3. The van der Waals surface area contributed by atoms with Crippen molar-refractivity contribution in [3.05, 3.63) is 64.7 Å². The molecule has 1 atom stereocenters. The molecule has 1 unspecified atom stereocenters. The first-order valence-electron chi connectivity index (χ1n) is 7.69. The largest absolute Gasteiger partial charge is 0.372 e. The van der Waals surface area contributed by atoms with E-state index in [0.29, 0.717) is 23.3 Å². The predicted octanol–water partition coefficient (Wildman–Crippen LogP) is 3.47. The molecule has 1 saturated heterocycles. The van der Waals surface area contributed by atoms with E-state index in [1.807, 2.05) is 24.3 Å². The van der Waals surface area contributed by atoms with Gasteiger partial charge in [-0.25, -0.2) is 0 Å². The maximum atomic E-state index is 12.1. The summed E-state index contributed by atoms with van der Waals surface area (Å²) < 4.78 is 5.83. The van der Waals surface area contributed by atoms with E-state index < -0.39 is 0 Å². The van der Waals surface area contributed by atoms with Crippen molar-refractivity contribution in [1.29, 1.82) is 0 Å². The highest BCUT2D eigenvalue weighted by atomic mass is 35.5. The van der Waals surface area contributed by atoms with E-state index in [4.69, 9.17) is 16.3 Å². The smallest absolute Gasteiger partial charge is 0.255 e. The van der Waals surface area contributed by atoms with Crippen LogP contribution in [0.3, 0.4) is 0 Å². The van der Waals surface area contributed by atoms with Gasteiger partial charge >= 0.3 is 0 Å². The van der Waals surface area contributed by atoms with Gasteiger partial charge in [-0.2, -0.15) is 0 Å². The maximum Gasteiger partial charge on any atom is 0.255 e. The molecule has 5 heteroatoms. The van der Waals surface area contributed by atoms with Crippen molar-refractivity contribution in [1.82, 2.24) is 5.32 Å². The molecule has 1 heterocycles. The number of benzene rings is 2. The minimum absolute atomic E-state index is 0.150. The van der Waals surface area contributed by atoms with Crippen LogP contribution < -0.4 is 10.6 Å². The maximum absolute atomic E-state index is 12.1. The third kappa shape index (κ3) is 4.55. The van der Waals surface area contributed by atoms with Gasteiger partial charge in [0.2, 0.25) is 0 Å². The number of ether oxygens (including phenoxy) is 1. The SMILES string of the molecule is O=C(Nc1ccc(COC2CCNC2)cc1)c1ccc(Cl)cc1. The molecular weight excluding hydrogens is 312 g/mol. The Morgan fingerprint density at radius 1 is 1.17 bits per heavy atom. The van der Waals surface area contributed by atoms with Gasteiger partial charge in [-0.15, -0.1) is 0 Å². The first-order valence-corrected chi connectivity index (χ1v) is 8.07. The van der Waals surface area contributed by atoms with E-state index in [9.17, 15) is 4.79 Å². The van der Waals surface area contributed by atoms with Crippen LogP contribution in [0, 0.1) is 0 Å². The second-order valence-electron chi connectivity index (χ2n) is 5.58. The van der Waals surface area contributed by atoms with E-state index >= 15 is 0 Å². The second kappa shape index (κ2) is 7.59. The number of carbonyl (C=O) groups is 1. The summed E-state index contributed by atoms with van der Waals surface area (Å²) in [7, 11) is 0. The molecule has 2 N–H and O–H groups in total. The number of halogens is 1. The van der Waals surface area contributed by atoms with Crippen LogP contribution in [-0.2, 0) is 11.3 Å². The predicted molar refractivity (Wildman–Crippen MR) is 91.9 cm³/mol. The van der Waals surface area contributed by atoms with Gasteiger partial charge in [0.15, 0.2) is 0 Å². The number of nitrogens with one attached hydrogen (secondary N) is 2. The van der Waals surface area contributed by atoms with Crippen LogP contribution in [0.25, 0.3) is 0 Å². The van der Waals surface area contributed by atoms with Crippen molar-refractivity contribution < 1.29 is 9.53 Å². The lowest BCUT2D eigenvalue weighted by Gasteiger charge is -2.11. The van der Waals surface area contributed by atoms with Gasteiger partial charge in [0.1, 0.15) is 0 Å². The van der Waals surface area contributed by atoms with Gasteiger partial charge in [-0.3, -0.25) is 4.79 Å². The molecule has 0 saturated carbocycles. The molecule has 0 bridgehead atoms. The normalized spacial score (nSPS) is 17.2. The standard InChI is InChI=1S/C18H19ClN2O2/c19-15-5-3-14(4-6-15)18(22)21-16-7-1-13(2-8-16)12-23-17-9-10-20-11-17/h1-8,17,20H,9-12H2,(H,21,22). The summed E-state index contributed by atoms with van der Waals surface area (Å²) in [5, 5.41) is 6.76. The average Bonchev–Trinajstić information content (AvgIpc) is 3.08. The third-order valence-electron chi connectivity index (χ3n) is 3.82. The van der Waals surface area contributed by atoms with Crippen molar-refractivity contribution in [2.24, 2.45) is 0 Å². The zero-order valence-corrected chi connectivity index (χ0v) is 13.5. The summed E-state index contributed by atoms with van der Waals surface area (Å²) in [6.45, 7) is 2.55. The number of carbonyl (C=O) groups excluding carboxylic acids is 1. The van der Waals surface area contributed by atoms with Crippen LogP contribution >= 0.6 is 11.6 Å². The molecule has 1 aliphatic heterocycles. The lowest BCUT2D eigenvalue weighted by molar-refractivity contribution is 0.0542. The number of amides is 1. The van der Waals surface area contributed by atoms with Crippen molar-refractivity contribution in [3.63, 3.8) is 0 Å². The molecule has 0 spiro atoms. The Kier molecular flexibility index (Phi) is 5.28. The Morgan fingerprint density at radius 3 is 2.57 bits per heavy atom. The average molecular weight is 331 g/mol. The first kappa shape index (κ1) is 16.0. The number of rotatable bonds is 5. The van der Waals surface area contributed by atoms with Crippen molar-refractivity contribution in [2.45, 2.75) is 19.1 Å². The summed E-state index contributed by atoms with van der Waals surface area (Å²) in [5.74, 6) is -0.150. The van der Waals surface area contributed by atoms with Crippen LogP contribution in [0.5, 0.6) is 0 Å². The van der Waals surface area contributed by atoms with Crippen molar-refractivity contribution in [3.8, 4) is 0 Å². The van der Waals surface area contributed by atoms with Crippen molar-refractivity contribution in [2.75, 3.05) is 18.4 Å². The topological polar surface area (TPSA) is 50.4 Å². The molecule has 120 valence electrons. The van der Waals surface area contributed by atoms with E-state index in [1.54, 1.807) is 24.3 Å². The highest BCUT2D eigenvalue weighted by Gasteiger charge is 2.14. The van der Waals surface area contributed by atoms with Gasteiger partial charge in [0.25, 0.3) is 5.91 Å². The van der Waals surface area contributed by atoms with E-state index in [2.05, 4.69) is 10.6 Å². The van der Waals surface area contributed by atoms with E-state index in [0.717, 1.165) is 30.8 Å². The summed E-state index contributed by atoms with van der Waals surface area (Å²) in [5.41, 5.74) is 2.44. The molecule has 0 aromatic heterocycles. The number of hydrogen-bond donors (Lipinski definition) is 2. The summed E-state index contributed by atoms with van der Waals surface area (Å²) in [6, 6.07) is 14.5. The molecule has 2 aromatic rings. The van der Waals surface area contributed by atoms with Crippen LogP contribution in [0.2, 0.25) is 5.02 Å². The molecule has 3 rings (SSSR count). The van der Waals surface area contributed by atoms with E-state index in [-0.39, 0.29) is 5.91 Å². The lowest BCUT2D eigenvalue weighted by Crippen LogP contribution is -2.16. The molecule has 0 aliphatic carbocycles. The van der Waals surface area contributed by atoms with Gasteiger partial charge in [-0.05, 0) is 54.9 Å². The van der Waals surface area contributed by atoms with Crippen LogP contribution in [0.4, 0.5) is 5.69 Å². The quantitative estimate of drug-likeness (QED) is 0.882. The molecule has 1 amide bonds. The fourth-order valence-corrected chi connectivity index (χ4v) is 2.60. The Bertz CT molecular complexity index is 650. The van der Waals surface area contributed by atoms with Gasteiger partial charge in [-0.1, -0.05) is 23.7 Å². The van der Waals surface area contributed by atoms with Crippen LogP contribution in [0.15, 0.2) is 48.5 Å². The lowest BCUT2D eigenvalue weighted by atomic mass is 10.2. The Morgan fingerprint density at radius 2 is 1.91 bits per heavy atom. The minimum atomic E-state index is -0.150. The van der Waals surface area contributed by atoms with Gasteiger partial charge in [0.05, 0.1) is 12.7 Å². The molecule has 1 fully saturated rings. The summed E-state index contributed by atoms with van der Waals surface area (Å²) in [4.78, 5) is 12.1. The fourth-order valence-electron chi connectivity index (χ4n) is 2.47. The molecular formula is C18H19ClN2O2. The zero-order valence-electron chi connectivity index (χ0n) is 12.7. The number of anilines is 1. The molecule has 4 nitrogen and oxygen atoms in total. The highest BCUT2D eigenvalue weighted by molar-refractivity contribution is 6.30. The molecule has 2 aromatic carbocycles. The highest BCUT2D eigenvalue weighted by Crippen LogP contribution is 2.15. The molecule has 1 aliphatic rings. The Balaban J connectivity index is 1.54. The van der Waals surface area contributed by atoms with Gasteiger partial charge < -0.3 is 15.4 Å². The monoisotopic (exact) mass is 330 g/mol. The second-order valence-corrected chi connectivity index (χ2v) is 6.02. The first-order chi connectivity index (χ1) is 11.2. The molecule has 23 heavy (non-hydrogen) atoms. The van der Waals surface area contributed by atoms with E-state index in [1.165, 1.54) is 0 Å².